The van der Waals surface area contributed by atoms with Crippen molar-refractivity contribution in [2.45, 2.75) is 32.1 Å². The molecular weight excluding hydrogens is 290 g/mol. The van der Waals surface area contributed by atoms with E-state index in [2.05, 4.69) is 41.3 Å². The molecule has 0 spiro atoms. The summed E-state index contributed by atoms with van der Waals surface area (Å²) in [6, 6.07) is 8.41. The van der Waals surface area contributed by atoms with Crippen LogP contribution in [0.15, 0.2) is 28.8 Å². The van der Waals surface area contributed by atoms with Crippen molar-refractivity contribution in [1.82, 2.24) is 15.1 Å². The minimum Gasteiger partial charge on any atom is -0.384 e. The SMILES string of the molecule is COCCc1noc(-c2cc(C3CC3)nc3ccc(C)cc23)n1. The lowest BCUT2D eigenvalue weighted by Crippen LogP contribution is -1.96. The Labute approximate surface area is 134 Å². The van der Waals surface area contributed by atoms with Gasteiger partial charge in [-0.3, -0.25) is 4.98 Å². The monoisotopic (exact) mass is 309 g/mol. The Hall–Kier alpha value is -2.27. The van der Waals surface area contributed by atoms with Crippen molar-refractivity contribution in [3.8, 4) is 11.5 Å². The molecule has 0 N–H and O–H groups in total. The van der Waals surface area contributed by atoms with Gasteiger partial charge in [0.25, 0.3) is 5.89 Å². The van der Waals surface area contributed by atoms with E-state index in [4.69, 9.17) is 14.2 Å². The lowest BCUT2D eigenvalue weighted by Gasteiger charge is -2.07. The zero-order valence-electron chi connectivity index (χ0n) is 13.4. The molecule has 1 aromatic carbocycles. The highest BCUT2D eigenvalue weighted by Gasteiger charge is 2.27. The molecule has 1 aliphatic carbocycles. The fraction of sp³-hybridized carbons (Fsp3) is 0.389. The van der Waals surface area contributed by atoms with Crippen LogP contribution in [0.4, 0.5) is 0 Å². The molecular formula is C18H19N3O2. The number of nitrogens with zero attached hydrogens (tertiary/aromatic N) is 3. The van der Waals surface area contributed by atoms with Gasteiger partial charge in [0.05, 0.1) is 17.7 Å². The van der Waals surface area contributed by atoms with Gasteiger partial charge in [-0.2, -0.15) is 4.98 Å². The summed E-state index contributed by atoms with van der Waals surface area (Å²) in [6.07, 6.45) is 3.08. The topological polar surface area (TPSA) is 61.0 Å². The molecule has 23 heavy (non-hydrogen) atoms. The summed E-state index contributed by atoms with van der Waals surface area (Å²) in [4.78, 5) is 9.34. The summed E-state index contributed by atoms with van der Waals surface area (Å²) < 4.78 is 10.6. The fourth-order valence-electron chi connectivity index (χ4n) is 2.78. The quantitative estimate of drug-likeness (QED) is 0.720. The number of benzene rings is 1. The Kier molecular flexibility index (Phi) is 3.58. The van der Waals surface area contributed by atoms with E-state index < -0.39 is 0 Å². The molecule has 2 aromatic heterocycles. The molecule has 4 rings (SSSR count). The van der Waals surface area contributed by atoms with Gasteiger partial charge in [0.15, 0.2) is 5.82 Å². The van der Waals surface area contributed by atoms with Gasteiger partial charge in [-0.25, -0.2) is 0 Å². The highest BCUT2D eigenvalue weighted by atomic mass is 16.5. The predicted octanol–water partition coefficient (Wildman–Crippen LogP) is 3.66. The van der Waals surface area contributed by atoms with Gasteiger partial charge >= 0.3 is 0 Å². The summed E-state index contributed by atoms with van der Waals surface area (Å²) in [5.41, 5.74) is 4.30. The molecule has 1 saturated carbocycles. The highest BCUT2D eigenvalue weighted by Crippen LogP contribution is 2.41. The first kappa shape index (κ1) is 14.3. The van der Waals surface area contributed by atoms with Crippen LogP contribution in [0.2, 0.25) is 0 Å². The lowest BCUT2D eigenvalue weighted by molar-refractivity contribution is 0.199. The van der Waals surface area contributed by atoms with Gasteiger partial charge in [-0.1, -0.05) is 16.8 Å². The molecule has 1 fully saturated rings. The number of pyridine rings is 1. The van der Waals surface area contributed by atoms with Crippen molar-refractivity contribution in [2.24, 2.45) is 0 Å². The van der Waals surface area contributed by atoms with Crippen molar-refractivity contribution in [3.05, 3.63) is 41.3 Å². The summed E-state index contributed by atoms with van der Waals surface area (Å²) >= 11 is 0. The average molecular weight is 309 g/mol. The number of hydrogen-bond acceptors (Lipinski definition) is 5. The number of aromatic nitrogens is 3. The van der Waals surface area contributed by atoms with Gasteiger partial charge in [-0.05, 0) is 38.0 Å². The first-order valence-electron chi connectivity index (χ1n) is 7.98. The average Bonchev–Trinajstić information content (AvgIpc) is 3.31. The molecule has 1 aliphatic rings. The predicted molar refractivity (Wildman–Crippen MR) is 87.3 cm³/mol. The summed E-state index contributed by atoms with van der Waals surface area (Å²) in [6.45, 7) is 2.67. The molecule has 0 aliphatic heterocycles. The number of hydrogen-bond donors (Lipinski definition) is 0. The lowest BCUT2D eigenvalue weighted by atomic mass is 10.0. The third-order valence-electron chi connectivity index (χ3n) is 4.21. The Balaban J connectivity index is 1.83. The number of methoxy groups -OCH3 is 1. The molecule has 0 bridgehead atoms. The Morgan fingerprint density at radius 3 is 2.87 bits per heavy atom. The van der Waals surface area contributed by atoms with Gasteiger partial charge in [0.2, 0.25) is 0 Å². The molecule has 5 heteroatoms. The van der Waals surface area contributed by atoms with Gasteiger partial charge in [0.1, 0.15) is 0 Å². The Morgan fingerprint density at radius 1 is 1.22 bits per heavy atom. The minimum absolute atomic E-state index is 0.566. The van der Waals surface area contributed by atoms with Crippen LogP contribution < -0.4 is 0 Å². The van der Waals surface area contributed by atoms with Crippen LogP contribution in [0.5, 0.6) is 0 Å². The van der Waals surface area contributed by atoms with Crippen molar-refractivity contribution in [1.29, 1.82) is 0 Å². The van der Waals surface area contributed by atoms with Crippen molar-refractivity contribution in [2.75, 3.05) is 13.7 Å². The van der Waals surface area contributed by atoms with Crippen LogP contribution in [0.3, 0.4) is 0 Å². The molecule has 2 heterocycles. The Morgan fingerprint density at radius 2 is 2.09 bits per heavy atom. The van der Waals surface area contributed by atoms with E-state index in [1.54, 1.807) is 7.11 Å². The van der Waals surface area contributed by atoms with Crippen LogP contribution in [0.1, 0.15) is 35.8 Å². The van der Waals surface area contributed by atoms with E-state index in [-0.39, 0.29) is 0 Å². The zero-order valence-corrected chi connectivity index (χ0v) is 13.4. The molecule has 118 valence electrons. The van der Waals surface area contributed by atoms with E-state index in [1.807, 2.05) is 0 Å². The molecule has 3 aromatic rings. The van der Waals surface area contributed by atoms with E-state index in [1.165, 1.54) is 18.4 Å². The molecule has 0 atom stereocenters. The maximum Gasteiger partial charge on any atom is 0.258 e. The smallest absolute Gasteiger partial charge is 0.258 e. The second-order valence-electron chi connectivity index (χ2n) is 6.15. The second kappa shape index (κ2) is 5.74. The third-order valence-corrected chi connectivity index (χ3v) is 4.21. The molecule has 5 nitrogen and oxygen atoms in total. The zero-order chi connectivity index (χ0) is 15.8. The standard InChI is InChI=1S/C18H19N3O2/c1-11-3-6-15-13(9-11)14(10-16(19-15)12-4-5-12)18-20-17(21-23-18)7-8-22-2/h3,6,9-10,12H,4-5,7-8H2,1-2H3. The first-order valence-corrected chi connectivity index (χ1v) is 7.98. The van der Waals surface area contributed by atoms with Crippen LogP contribution in [0.25, 0.3) is 22.4 Å². The van der Waals surface area contributed by atoms with E-state index >= 15 is 0 Å². The maximum absolute atomic E-state index is 5.51. The van der Waals surface area contributed by atoms with Gasteiger partial charge in [-0.15, -0.1) is 0 Å². The first-order chi connectivity index (χ1) is 11.2. The normalized spacial score (nSPS) is 14.5. The minimum atomic E-state index is 0.566. The molecule has 0 saturated heterocycles. The molecule has 0 unspecified atom stereocenters. The molecule has 0 amide bonds. The maximum atomic E-state index is 5.51. The molecule has 0 radical (unpaired) electrons. The van der Waals surface area contributed by atoms with E-state index in [0.29, 0.717) is 30.7 Å². The van der Waals surface area contributed by atoms with Gasteiger partial charge < -0.3 is 9.26 Å². The van der Waals surface area contributed by atoms with E-state index in [0.717, 1.165) is 22.2 Å². The number of fused-ring (bicyclic) bond motifs is 1. The number of ether oxygens (including phenoxy) is 1. The van der Waals surface area contributed by atoms with Crippen LogP contribution >= 0.6 is 0 Å². The second-order valence-corrected chi connectivity index (χ2v) is 6.15. The van der Waals surface area contributed by atoms with Gasteiger partial charge in [0, 0.05) is 30.5 Å². The van der Waals surface area contributed by atoms with E-state index in [9.17, 15) is 0 Å². The summed E-state index contributed by atoms with van der Waals surface area (Å²) in [5.74, 6) is 1.82. The van der Waals surface area contributed by atoms with Crippen LogP contribution in [-0.2, 0) is 11.2 Å². The number of aryl methyl sites for hydroxylation is 1. The van der Waals surface area contributed by atoms with Crippen LogP contribution in [-0.4, -0.2) is 28.8 Å². The van der Waals surface area contributed by atoms with Crippen molar-refractivity contribution >= 4 is 10.9 Å². The summed E-state index contributed by atoms with van der Waals surface area (Å²) in [5, 5.41) is 5.13. The van der Waals surface area contributed by atoms with Crippen LogP contribution in [0, 0.1) is 6.92 Å². The highest BCUT2D eigenvalue weighted by molar-refractivity contribution is 5.93. The third kappa shape index (κ3) is 2.84. The van der Waals surface area contributed by atoms with Crippen molar-refractivity contribution in [3.63, 3.8) is 0 Å². The number of rotatable bonds is 5. The summed E-state index contributed by atoms with van der Waals surface area (Å²) in [7, 11) is 1.67. The largest absolute Gasteiger partial charge is 0.384 e. The Bertz CT molecular complexity index is 853. The van der Waals surface area contributed by atoms with Crippen molar-refractivity contribution < 1.29 is 9.26 Å². The fourth-order valence-corrected chi connectivity index (χ4v) is 2.78.